The SMILES string of the molecule is Cc1cc(C)c(-c2ccc3c(c2)P(c2ccccc2)c2cc(C)cc4c2N3c2ccc(-c3c(C)cc(C)cc3C)cc2P4c2ccccc2)c(C)c1. The topological polar surface area (TPSA) is 3.24 Å². The van der Waals surface area contributed by atoms with Crippen molar-refractivity contribution >= 4 is 64.7 Å². The largest absolute Gasteiger partial charge is 0.308 e. The highest BCUT2D eigenvalue weighted by atomic mass is 31.1. The van der Waals surface area contributed by atoms with Gasteiger partial charge >= 0.3 is 0 Å². The van der Waals surface area contributed by atoms with E-state index in [2.05, 4.69) is 187 Å². The lowest BCUT2D eigenvalue weighted by Gasteiger charge is -2.45. The van der Waals surface area contributed by atoms with Crippen LogP contribution in [0.25, 0.3) is 22.3 Å². The summed E-state index contributed by atoms with van der Waals surface area (Å²) in [6.45, 7) is 15.8. The smallest absolute Gasteiger partial charge is 0.0629 e. The maximum absolute atomic E-state index is 2.63. The molecule has 2 atom stereocenters. The molecule has 254 valence electrons. The molecule has 0 aromatic heterocycles. The summed E-state index contributed by atoms with van der Waals surface area (Å²) in [5.74, 6) is 0. The first-order valence-electron chi connectivity index (χ1n) is 18.3. The minimum absolute atomic E-state index is 0.824. The summed E-state index contributed by atoms with van der Waals surface area (Å²) in [7, 11) is -1.65. The van der Waals surface area contributed by atoms with Crippen molar-refractivity contribution in [1.82, 2.24) is 0 Å². The van der Waals surface area contributed by atoms with Crippen molar-refractivity contribution in [3.05, 3.63) is 172 Å². The Kier molecular flexibility index (Phi) is 8.08. The van der Waals surface area contributed by atoms with Gasteiger partial charge < -0.3 is 4.90 Å². The third kappa shape index (κ3) is 5.29. The van der Waals surface area contributed by atoms with Crippen LogP contribution in [0.4, 0.5) is 17.1 Å². The van der Waals surface area contributed by atoms with Gasteiger partial charge in [-0.3, -0.25) is 0 Å². The molecule has 2 unspecified atom stereocenters. The number of fused-ring (bicyclic) bond motifs is 4. The lowest BCUT2D eigenvalue weighted by molar-refractivity contribution is 1.29. The van der Waals surface area contributed by atoms with Crippen LogP contribution in [0.3, 0.4) is 0 Å². The van der Waals surface area contributed by atoms with E-state index < -0.39 is 15.8 Å². The number of nitrogens with zero attached hydrogens (tertiary/aromatic N) is 1. The average Bonchev–Trinajstić information content (AvgIpc) is 3.11. The van der Waals surface area contributed by atoms with Crippen LogP contribution in [-0.4, -0.2) is 0 Å². The van der Waals surface area contributed by atoms with Gasteiger partial charge in [-0.25, -0.2) is 0 Å². The number of aryl methyl sites for hydroxylation is 7. The second-order valence-electron chi connectivity index (χ2n) is 14.8. The standard InChI is InChI=1S/C49H43NP2/c1-30-22-33(4)47(34(5)23-30)37-18-20-41-43(28-37)51(39-14-10-8-11-15-39)45-26-32(3)27-46-49(45)50(41)42-21-19-38(48-35(6)24-31(2)25-36(48)7)29-44(42)52(46)40-16-12-9-13-17-40/h8-29H,1-7H3. The summed E-state index contributed by atoms with van der Waals surface area (Å²) in [5.41, 5.74) is 18.6. The summed E-state index contributed by atoms with van der Waals surface area (Å²) in [6, 6.07) is 51.6. The molecular weight excluding hydrogens is 664 g/mol. The van der Waals surface area contributed by atoms with Crippen LogP contribution >= 0.6 is 15.8 Å². The van der Waals surface area contributed by atoms with Crippen molar-refractivity contribution < 1.29 is 0 Å². The van der Waals surface area contributed by atoms with Gasteiger partial charge in [-0.1, -0.05) is 108 Å². The zero-order valence-corrected chi connectivity index (χ0v) is 32.8. The summed E-state index contributed by atoms with van der Waals surface area (Å²) >= 11 is 0. The van der Waals surface area contributed by atoms with Crippen LogP contribution in [0.1, 0.15) is 38.9 Å². The van der Waals surface area contributed by atoms with Gasteiger partial charge in [-0.05, 0) is 161 Å². The molecule has 0 bridgehead atoms. The summed E-state index contributed by atoms with van der Waals surface area (Å²) in [6.07, 6.45) is 0. The van der Waals surface area contributed by atoms with Crippen LogP contribution in [-0.2, 0) is 0 Å². The number of benzene rings is 7. The quantitative estimate of drug-likeness (QED) is 0.165. The molecule has 7 aromatic rings. The summed E-state index contributed by atoms with van der Waals surface area (Å²) in [4.78, 5) is 2.63. The molecular formula is C49H43NP2. The van der Waals surface area contributed by atoms with Crippen molar-refractivity contribution in [2.45, 2.75) is 48.5 Å². The highest BCUT2D eigenvalue weighted by Gasteiger charge is 2.41. The lowest BCUT2D eigenvalue weighted by atomic mass is 9.93. The van der Waals surface area contributed by atoms with Crippen molar-refractivity contribution in [3.63, 3.8) is 0 Å². The normalized spacial score (nSPS) is 15.6. The molecule has 2 aliphatic rings. The molecule has 0 saturated carbocycles. The van der Waals surface area contributed by atoms with Crippen LogP contribution in [0.2, 0.25) is 0 Å². The molecule has 0 radical (unpaired) electrons. The van der Waals surface area contributed by atoms with Gasteiger partial charge in [0, 0.05) is 21.2 Å². The number of rotatable bonds is 4. The van der Waals surface area contributed by atoms with E-state index in [0.717, 1.165) is 0 Å². The van der Waals surface area contributed by atoms with E-state index in [-0.39, 0.29) is 0 Å². The fourth-order valence-electron chi connectivity index (χ4n) is 9.02. The van der Waals surface area contributed by atoms with Gasteiger partial charge in [0.1, 0.15) is 0 Å². The second kappa shape index (κ2) is 12.7. The Morgan fingerprint density at radius 2 is 0.731 bits per heavy atom. The lowest BCUT2D eigenvalue weighted by Crippen LogP contribution is -2.43. The van der Waals surface area contributed by atoms with Gasteiger partial charge in [-0.15, -0.1) is 0 Å². The van der Waals surface area contributed by atoms with E-state index in [1.54, 1.807) is 0 Å². The molecule has 0 aliphatic carbocycles. The predicted octanol–water partition coefficient (Wildman–Crippen LogP) is 10.8. The van der Waals surface area contributed by atoms with Gasteiger partial charge in [0.2, 0.25) is 0 Å². The van der Waals surface area contributed by atoms with Crippen LogP contribution in [0.5, 0.6) is 0 Å². The molecule has 2 aliphatic heterocycles. The van der Waals surface area contributed by atoms with Crippen molar-refractivity contribution in [3.8, 4) is 22.3 Å². The van der Waals surface area contributed by atoms with E-state index in [1.807, 2.05) is 0 Å². The van der Waals surface area contributed by atoms with Crippen LogP contribution < -0.4 is 36.7 Å². The molecule has 0 saturated heterocycles. The molecule has 9 rings (SSSR count). The zero-order chi connectivity index (χ0) is 35.8. The molecule has 0 spiro atoms. The minimum atomic E-state index is -0.824. The zero-order valence-electron chi connectivity index (χ0n) is 31.0. The van der Waals surface area contributed by atoms with E-state index >= 15 is 0 Å². The Morgan fingerprint density at radius 3 is 1.12 bits per heavy atom. The molecule has 7 aromatic carbocycles. The molecule has 2 heterocycles. The van der Waals surface area contributed by atoms with Crippen LogP contribution in [0.15, 0.2) is 133 Å². The fourth-order valence-corrected chi connectivity index (χ4v) is 14.6. The maximum Gasteiger partial charge on any atom is 0.0629 e. The number of hydrogen-bond donors (Lipinski definition) is 0. The number of hydrogen-bond acceptors (Lipinski definition) is 1. The minimum Gasteiger partial charge on any atom is -0.308 e. The summed E-state index contributed by atoms with van der Waals surface area (Å²) in [5, 5.41) is 8.57. The van der Waals surface area contributed by atoms with Crippen molar-refractivity contribution in [1.29, 1.82) is 0 Å². The Balaban J connectivity index is 1.36. The third-order valence-electron chi connectivity index (χ3n) is 10.8. The molecule has 52 heavy (non-hydrogen) atoms. The Bertz CT molecular complexity index is 2330. The van der Waals surface area contributed by atoms with Crippen LogP contribution in [0, 0.1) is 48.5 Å². The molecule has 3 heteroatoms. The van der Waals surface area contributed by atoms with Gasteiger partial charge in [0.25, 0.3) is 0 Å². The second-order valence-corrected chi connectivity index (χ2v) is 19.1. The third-order valence-corrected chi connectivity index (χ3v) is 15.7. The molecule has 0 fully saturated rings. The van der Waals surface area contributed by atoms with E-state index in [0.29, 0.717) is 0 Å². The van der Waals surface area contributed by atoms with E-state index in [4.69, 9.17) is 0 Å². The van der Waals surface area contributed by atoms with E-state index in [9.17, 15) is 0 Å². The highest BCUT2D eigenvalue weighted by molar-refractivity contribution is 7.82. The average molecular weight is 708 g/mol. The van der Waals surface area contributed by atoms with Gasteiger partial charge in [-0.2, -0.15) is 0 Å². The van der Waals surface area contributed by atoms with Crippen molar-refractivity contribution in [2.75, 3.05) is 4.90 Å². The van der Waals surface area contributed by atoms with Gasteiger partial charge in [0.05, 0.1) is 17.1 Å². The molecule has 1 nitrogen and oxygen atoms in total. The first-order valence-corrected chi connectivity index (χ1v) is 21.0. The Morgan fingerprint density at radius 1 is 0.365 bits per heavy atom. The molecule has 0 amide bonds. The monoisotopic (exact) mass is 707 g/mol. The van der Waals surface area contributed by atoms with Crippen molar-refractivity contribution in [2.24, 2.45) is 0 Å². The highest BCUT2D eigenvalue weighted by Crippen LogP contribution is 2.56. The maximum atomic E-state index is 2.63. The molecule has 0 N–H and O–H groups in total. The summed E-state index contributed by atoms with van der Waals surface area (Å²) < 4.78 is 0. The Hall–Kier alpha value is -4.80. The predicted molar refractivity (Wildman–Crippen MR) is 230 cm³/mol. The Labute approximate surface area is 311 Å². The van der Waals surface area contributed by atoms with E-state index in [1.165, 1.54) is 110 Å². The first kappa shape index (κ1) is 33.1. The number of anilines is 3. The first-order chi connectivity index (χ1) is 25.2. The fraction of sp³-hybridized carbons (Fsp3) is 0.143. The van der Waals surface area contributed by atoms with Gasteiger partial charge in [0.15, 0.2) is 0 Å².